The van der Waals surface area contributed by atoms with Gasteiger partial charge < -0.3 is 0 Å². The molecule has 0 aliphatic rings. The molecule has 4 rings (SSSR count). The van der Waals surface area contributed by atoms with Crippen LogP contribution in [0.4, 0.5) is 11.5 Å². The van der Waals surface area contributed by atoms with Crippen LogP contribution in [0.25, 0.3) is 0 Å². The minimum absolute atomic E-state index is 0.0946. The zero-order chi connectivity index (χ0) is 23.9. The first-order valence-corrected chi connectivity index (χ1v) is 11.2. The maximum Gasteiger partial charge on any atom is 0.345 e. The molecule has 0 saturated carbocycles. The summed E-state index contributed by atoms with van der Waals surface area (Å²) in [5.74, 6) is -1.09. The van der Waals surface area contributed by atoms with Crippen LogP contribution in [0.3, 0.4) is 0 Å². The van der Waals surface area contributed by atoms with Crippen molar-refractivity contribution in [3.05, 3.63) is 118 Å². The van der Waals surface area contributed by atoms with Crippen molar-refractivity contribution in [3.8, 4) is 0 Å². The van der Waals surface area contributed by atoms with E-state index < -0.39 is 10.8 Å². The van der Waals surface area contributed by atoms with Gasteiger partial charge in [-0.3, -0.25) is 25.8 Å². The van der Waals surface area contributed by atoms with Crippen LogP contribution in [0.5, 0.6) is 0 Å². The molecule has 170 valence electrons. The largest absolute Gasteiger partial charge is 0.345 e. The molecule has 4 aromatic rings. The summed E-state index contributed by atoms with van der Waals surface area (Å²) in [4.78, 5) is 33.4. The van der Waals surface area contributed by atoms with Gasteiger partial charge in [0.1, 0.15) is 6.33 Å². The number of nitro groups is 1. The molecule has 0 aliphatic heterocycles. The van der Waals surface area contributed by atoms with Gasteiger partial charge >= 0.3 is 5.69 Å². The molecule has 0 bridgehead atoms. The van der Waals surface area contributed by atoms with Crippen molar-refractivity contribution in [1.29, 1.82) is 0 Å². The van der Waals surface area contributed by atoms with E-state index >= 15 is 0 Å². The topological polar surface area (TPSA) is 110 Å². The standard InChI is InChI=1S/C25H21N5O3S/c1-17-12-14-20(15-13-17)34-25-22(30(32)33)23(26-16-27-25)28-29-24(31)21(18-8-4-2-5-9-18)19-10-6-3-7-11-19/h2-16,21H,1H3,(H,29,31)(H,26,27,28). The summed E-state index contributed by atoms with van der Waals surface area (Å²) >= 11 is 1.15. The van der Waals surface area contributed by atoms with E-state index in [2.05, 4.69) is 20.8 Å². The number of nitrogens with one attached hydrogen (secondary N) is 2. The molecule has 0 radical (unpaired) electrons. The zero-order valence-electron chi connectivity index (χ0n) is 18.2. The van der Waals surface area contributed by atoms with Crippen molar-refractivity contribution in [2.24, 2.45) is 0 Å². The number of aromatic nitrogens is 2. The van der Waals surface area contributed by atoms with Gasteiger partial charge in [0, 0.05) is 4.90 Å². The molecule has 9 heteroatoms. The van der Waals surface area contributed by atoms with E-state index in [9.17, 15) is 14.9 Å². The number of carbonyl (C=O) groups is 1. The van der Waals surface area contributed by atoms with E-state index in [0.717, 1.165) is 33.3 Å². The smallest absolute Gasteiger partial charge is 0.276 e. The second kappa shape index (κ2) is 10.6. The Morgan fingerprint density at radius 2 is 1.50 bits per heavy atom. The average molecular weight is 472 g/mol. The van der Waals surface area contributed by atoms with Gasteiger partial charge in [0.05, 0.1) is 10.8 Å². The molecule has 34 heavy (non-hydrogen) atoms. The lowest BCUT2D eigenvalue weighted by Gasteiger charge is -2.18. The highest BCUT2D eigenvalue weighted by Crippen LogP contribution is 2.36. The van der Waals surface area contributed by atoms with Gasteiger partial charge in [0.2, 0.25) is 11.7 Å². The van der Waals surface area contributed by atoms with E-state index in [0.29, 0.717) is 0 Å². The van der Waals surface area contributed by atoms with Crippen LogP contribution in [0.2, 0.25) is 0 Å². The number of hydrogen-bond donors (Lipinski definition) is 2. The normalized spacial score (nSPS) is 10.6. The molecule has 0 atom stereocenters. The Balaban J connectivity index is 1.59. The Morgan fingerprint density at radius 1 is 0.912 bits per heavy atom. The first-order valence-electron chi connectivity index (χ1n) is 10.4. The third-order valence-corrected chi connectivity index (χ3v) is 6.04. The van der Waals surface area contributed by atoms with Crippen LogP contribution >= 0.6 is 11.8 Å². The summed E-state index contributed by atoms with van der Waals surface area (Å²) in [6.45, 7) is 1.96. The highest BCUT2D eigenvalue weighted by atomic mass is 32.2. The van der Waals surface area contributed by atoms with Crippen LogP contribution in [-0.4, -0.2) is 20.8 Å². The number of carbonyl (C=O) groups excluding carboxylic acids is 1. The van der Waals surface area contributed by atoms with Crippen molar-refractivity contribution in [2.45, 2.75) is 22.8 Å². The van der Waals surface area contributed by atoms with Gasteiger partial charge in [-0.05, 0) is 30.2 Å². The number of benzene rings is 3. The Morgan fingerprint density at radius 3 is 2.06 bits per heavy atom. The van der Waals surface area contributed by atoms with E-state index in [1.165, 1.54) is 6.33 Å². The van der Waals surface area contributed by atoms with Gasteiger partial charge in [0.25, 0.3) is 0 Å². The second-order valence-corrected chi connectivity index (χ2v) is 8.48. The lowest BCUT2D eigenvalue weighted by molar-refractivity contribution is -0.387. The summed E-state index contributed by atoms with van der Waals surface area (Å²) < 4.78 is 0. The summed E-state index contributed by atoms with van der Waals surface area (Å²) in [7, 11) is 0. The van der Waals surface area contributed by atoms with E-state index in [1.807, 2.05) is 91.9 Å². The zero-order valence-corrected chi connectivity index (χ0v) is 19.0. The van der Waals surface area contributed by atoms with Crippen LogP contribution in [-0.2, 0) is 4.79 Å². The number of hydrogen-bond acceptors (Lipinski definition) is 7. The Kier molecular flexibility index (Phi) is 7.14. The fraction of sp³-hybridized carbons (Fsp3) is 0.0800. The van der Waals surface area contributed by atoms with Crippen LogP contribution in [0, 0.1) is 17.0 Å². The molecule has 2 N–H and O–H groups in total. The van der Waals surface area contributed by atoms with Crippen LogP contribution in [0.1, 0.15) is 22.6 Å². The monoisotopic (exact) mass is 471 g/mol. The van der Waals surface area contributed by atoms with E-state index in [-0.39, 0.29) is 22.4 Å². The molecular weight excluding hydrogens is 450 g/mol. The highest BCUT2D eigenvalue weighted by molar-refractivity contribution is 7.99. The van der Waals surface area contributed by atoms with Gasteiger partial charge in [0.15, 0.2) is 5.03 Å². The fourth-order valence-electron chi connectivity index (χ4n) is 3.39. The molecule has 0 spiro atoms. The predicted molar refractivity (Wildman–Crippen MR) is 130 cm³/mol. The Bertz CT molecular complexity index is 1250. The molecule has 1 amide bonds. The van der Waals surface area contributed by atoms with Gasteiger partial charge in [-0.1, -0.05) is 90.1 Å². The van der Waals surface area contributed by atoms with E-state index in [1.54, 1.807) is 0 Å². The number of rotatable bonds is 8. The number of nitrogens with zero attached hydrogens (tertiary/aromatic N) is 3. The summed E-state index contributed by atoms with van der Waals surface area (Å²) in [5, 5.41) is 12.0. The van der Waals surface area contributed by atoms with Crippen molar-refractivity contribution >= 4 is 29.2 Å². The third-order valence-electron chi connectivity index (χ3n) is 5.04. The van der Waals surface area contributed by atoms with Crippen molar-refractivity contribution in [1.82, 2.24) is 15.4 Å². The van der Waals surface area contributed by atoms with E-state index in [4.69, 9.17) is 0 Å². The lowest BCUT2D eigenvalue weighted by Crippen LogP contribution is -2.35. The maximum absolute atomic E-state index is 13.2. The van der Waals surface area contributed by atoms with Gasteiger partial charge in [-0.15, -0.1) is 0 Å². The maximum atomic E-state index is 13.2. The number of hydrazine groups is 1. The Hall–Kier alpha value is -4.24. The first kappa shape index (κ1) is 22.9. The summed E-state index contributed by atoms with van der Waals surface area (Å²) in [6.07, 6.45) is 1.23. The molecule has 3 aromatic carbocycles. The quantitative estimate of drug-likeness (QED) is 0.208. The first-order chi connectivity index (χ1) is 16.5. The Labute approximate surface area is 200 Å². The summed E-state index contributed by atoms with van der Waals surface area (Å²) in [5.41, 5.74) is 7.59. The molecule has 1 aromatic heterocycles. The molecule has 0 aliphatic carbocycles. The lowest BCUT2D eigenvalue weighted by atomic mass is 9.91. The molecule has 1 heterocycles. The second-order valence-electron chi connectivity index (χ2n) is 7.42. The fourth-order valence-corrected chi connectivity index (χ4v) is 4.25. The third kappa shape index (κ3) is 5.38. The predicted octanol–water partition coefficient (Wildman–Crippen LogP) is 5.12. The molecule has 0 saturated heterocycles. The molecule has 0 unspecified atom stereocenters. The van der Waals surface area contributed by atoms with Gasteiger partial charge in [-0.25, -0.2) is 9.97 Å². The number of amides is 1. The SMILES string of the molecule is Cc1ccc(Sc2ncnc(NNC(=O)C(c3ccccc3)c3ccccc3)c2[N+](=O)[O-])cc1. The van der Waals surface area contributed by atoms with Crippen LogP contribution < -0.4 is 10.9 Å². The minimum atomic E-state index is -0.614. The average Bonchev–Trinajstić information content (AvgIpc) is 2.85. The molecule has 0 fully saturated rings. The van der Waals surface area contributed by atoms with Crippen molar-refractivity contribution in [2.75, 3.05) is 5.43 Å². The van der Waals surface area contributed by atoms with Crippen LogP contribution in [0.15, 0.2) is 101 Å². The van der Waals surface area contributed by atoms with Crippen molar-refractivity contribution < 1.29 is 9.72 Å². The van der Waals surface area contributed by atoms with Crippen molar-refractivity contribution in [3.63, 3.8) is 0 Å². The molecule has 8 nitrogen and oxygen atoms in total. The summed E-state index contributed by atoms with van der Waals surface area (Å²) in [6, 6.07) is 26.2. The van der Waals surface area contributed by atoms with Gasteiger partial charge in [-0.2, -0.15) is 0 Å². The highest BCUT2D eigenvalue weighted by Gasteiger charge is 2.26. The minimum Gasteiger partial charge on any atom is -0.276 e. The number of aryl methyl sites for hydroxylation is 1. The molecular formula is C25H21N5O3S. The number of anilines is 1.